The second-order valence-electron chi connectivity index (χ2n) is 5.33. The van der Waals surface area contributed by atoms with Crippen LogP contribution in [0.5, 0.6) is 0 Å². The third-order valence-electron chi connectivity index (χ3n) is 2.92. The minimum atomic E-state index is -0.345. The van der Waals surface area contributed by atoms with E-state index in [4.69, 9.17) is 11.6 Å². The molecule has 0 aliphatic carbocycles. The molecule has 1 saturated heterocycles. The first-order chi connectivity index (χ1) is 7.98. The van der Waals surface area contributed by atoms with Gasteiger partial charge in [0.1, 0.15) is 0 Å². The largest absolute Gasteiger partial charge is 0.379 e. The van der Waals surface area contributed by atoms with Crippen molar-refractivity contribution < 1.29 is 4.39 Å². The highest BCUT2D eigenvalue weighted by Crippen LogP contribution is 2.35. The van der Waals surface area contributed by atoms with Crippen molar-refractivity contribution in [1.82, 2.24) is 0 Å². The van der Waals surface area contributed by atoms with Crippen LogP contribution in [0.4, 0.5) is 10.1 Å². The smallest absolute Gasteiger partial charge is 0.164 e. The van der Waals surface area contributed by atoms with Gasteiger partial charge in [-0.15, -0.1) is 0 Å². The Balaban J connectivity index is 2.08. The van der Waals surface area contributed by atoms with E-state index in [1.807, 2.05) is 11.8 Å². The highest BCUT2D eigenvalue weighted by molar-refractivity contribution is 7.99. The van der Waals surface area contributed by atoms with Crippen LogP contribution >= 0.6 is 23.4 Å². The lowest BCUT2D eigenvalue weighted by atomic mass is 9.88. The Kier molecular flexibility index (Phi) is 3.88. The van der Waals surface area contributed by atoms with Gasteiger partial charge in [0.15, 0.2) is 5.82 Å². The average Bonchev–Trinajstić information content (AvgIpc) is 2.23. The van der Waals surface area contributed by atoms with Crippen LogP contribution in [0.25, 0.3) is 0 Å². The van der Waals surface area contributed by atoms with Gasteiger partial charge in [0.25, 0.3) is 0 Å². The van der Waals surface area contributed by atoms with Gasteiger partial charge < -0.3 is 5.32 Å². The fourth-order valence-corrected chi connectivity index (χ4v) is 3.64. The summed E-state index contributed by atoms with van der Waals surface area (Å²) in [6.45, 7) is 4.50. The molecule has 0 spiro atoms. The first-order valence-corrected chi connectivity index (χ1v) is 7.29. The molecule has 1 aromatic carbocycles. The summed E-state index contributed by atoms with van der Waals surface area (Å²) in [5.74, 6) is 1.85. The van der Waals surface area contributed by atoms with Crippen molar-refractivity contribution in [3.63, 3.8) is 0 Å². The predicted octanol–water partition coefficient (Wildman–Crippen LogP) is 4.42. The first-order valence-electron chi connectivity index (χ1n) is 5.76. The summed E-state index contributed by atoms with van der Waals surface area (Å²) in [6, 6.07) is 5.40. The van der Waals surface area contributed by atoms with E-state index in [9.17, 15) is 4.39 Å². The van der Waals surface area contributed by atoms with Crippen LogP contribution in [0.15, 0.2) is 18.2 Å². The summed E-state index contributed by atoms with van der Waals surface area (Å²) >= 11 is 7.69. The molecule has 94 valence electrons. The van der Waals surface area contributed by atoms with E-state index >= 15 is 0 Å². The Morgan fingerprint density at radius 1 is 1.47 bits per heavy atom. The Hall–Kier alpha value is -0.410. The van der Waals surface area contributed by atoms with Gasteiger partial charge in [0.05, 0.1) is 10.7 Å². The van der Waals surface area contributed by atoms with Gasteiger partial charge in [0.2, 0.25) is 0 Å². The highest BCUT2D eigenvalue weighted by Gasteiger charge is 2.28. The molecular formula is C13H17ClFNS. The third-order valence-corrected chi connectivity index (χ3v) is 4.84. The van der Waals surface area contributed by atoms with E-state index in [-0.39, 0.29) is 10.8 Å². The summed E-state index contributed by atoms with van der Waals surface area (Å²) in [5.41, 5.74) is 0.830. The van der Waals surface area contributed by atoms with Crippen molar-refractivity contribution in [3.8, 4) is 0 Å². The Bertz CT molecular complexity index is 408. The molecule has 4 heteroatoms. The van der Waals surface area contributed by atoms with E-state index in [1.165, 1.54) is 5.75 Å². The normalized spacial score (nSPS) is 23.4. The summed E-state index contributed by atoms with van der Waals surface area (Å²) in [4.78, 5) is 0. The van der Waals surface area contributed by atoms with E-state index in [2.05, 4.69) is 19.2 Å². The Morgan fingerprint density at radius 2 is 2.24 bits per heavy atom. The summed E-state index contributed by atoms with van der Waals surface area (Å²) in [6.07, 6.45) is 1.06. The molecule has 0 saturated carbocycles. The Labute approximate surface area is 111 Å². The number of nitrogens with one attached hydrogen (secondary N) is 1. The molecule has 0 radical (unpaired) electrons. The summed E-state index contributed by atoms with van der Waals surface area (Å²) < 4.78 is 13.7. The zero-order chi connectivity index (χ0) is 12.5. The van der Waals surface area contributed by atoms with Gasteiger partial charge in [-0.1, -0.05) is 31.5 Å². The number of thioether (sulfide) groups is 1. The zero-order valence-corrected chi connectivity index (χ0v) is 11.7. The van der Waals surface area contributed by atoms with E-state index in [1.54, 1.807) is 18.2 Å². The molecule has 17 heavy (non-hydrogen) atoms. The molecule has 0 bridgehead atoms. The number of halogens is 2. The lowest BCUT2D eigenvalue weighted by Gasteiger charge is -2.35. The lowest BCUT2D eigenvalue weighted by molar-refractivity contribution is 0.357. The van der Waals surface area contributed by atoms with Crippen LogP contribution in [0.1, 0.15) is 20.3 Å². The van der Waals surface area contributed by atoms with E-state index in [0.29, 0.717) is 17.1 Å². The SMILES string of the molecule is CC1(C)CSCC(Nc2cccc(Cl)c2F)C1. The average molecular weight is 274 g/mol. The molecule has 0 amide bonds. The molecule has 1 unspecified atom stereocenters. The monoisotopic (exact) mass is 273 g/mol. The molecule has 1 aliphatic heterocycles. The Morgan fingerprint density at radius 3 is 2.94 bits per heavy atom. The summed E-state index contributed by atoms with van der Waals surface area (Å²) in [7, 11) is 0. The standard InChI is InChI=1S/C13H17ClFNS/c1-13(2)6-9(7-17-8-13)16-11-5-3-4-10(14)12(11)15/h3-5,9,16H,6-8H2,1-2H3. The lowest BCUT2D eigenvalue weighted by Crippen LogP contribution is -2.35. The van der Waals surface area contributed by atoms with Crippen molar-refractivity contribution in [2.24, 2.45) is 5.41 Å². The minimum absolute atomic E-state index is 0.178. The first kappa shape index (κ1) is 13.0. The van der Waals surface area contributed by atoms with Crippen LogP contribution in [0.3, 0.4) is 0 Å². The van der Waals surface area contributed by atoms with Gasteiger partial charge in [-0.05, 0) is 29.7 Å². The molecule has 1 atom stereocenters. The number of hydrogen-bond donors (Lipinski definition) is 1. The van der Waals surface area contributed by atoms with Gasteiger partial charge in [-0.25, -0.2) is 4.39 Å². The molecule has 2 rings (SSSR count). The number of anilines is 1. The molecule has 1 N–H and O–H groups in total. The molecule has 1 nitrogen and oxygen atoms in total. The maximum atomic E-state index is 13.7. The van der Waals surface area contributed by atoms with Crippen molar-refractivity contribution in [3.05, 3.63) is 29.0 Å². The van der Waals surface area contributed by atoms with Crippen molar-refractivity contribution in [2.75, 3.05) is 16.8 Å². The van der Waals surface area contributed by atoms with Crippen molar-refractivity contribution in [2.45, 2.75) is 26.3 Å². The second-order valence-corrected chi connectivity index (χ2v) is 6.76. The van der Waals surface area contributed by atoms with Gasteiger partial charge in [-0.2, -0.15) is 11.8 Å². The topological polar surface area (TPSA) is 12.0 Å². The van der Waals surface area contributed by atoms with Crippen molar-refractivity contribution >= 4 is 29.1 Å². The maximum Gasteiger partial charge on any atom is 0.164 e. The number of benzene rings is 1. The number of hydrogen-bond acceptors (Lipinski definition) is 2. The quantitative estimate of drug-likeness (QED) is 0.856. The van der Waals surface area contributed by atoms with Crippen molar-refractivity contribution in [1.29, 1.82) is 0 Å². The summed E-state index contributed by atoms with van der Waals surface area (Å²) in [5, 5.41) is 3.44. The molecule has 0 aromatic heterocycles. The second kappa shape index (κ2) is 5.07. The molecule has 1 aromatic rings. The molecule has 1 heterocycles. The third kappa shape index (κ3) is 3.29. The van der Waals surface area contributed by atoms with E-state index < -0.39 is 0 Å². The number of rotatable bonds is 2. The maximum absolute atomic E-state index is 13.7. The minimum Gasteiger partial charge on any atom is -0.379 e. The van der Waals surface area contributed by atoms with Gasteiger partial charge in [0, 0.05) is 11.8 Å². The predicted molar refractivity (Wildman–Crippen MR) is 74.5 cm³/mol. The zero-order valence-electron chi connectivity index (χ0n) is 10.1. The van der Waals surface area contributed by atoms with Crippen LogP contribution in [-0.2, 0) is 0 Å². The van der Waals surface area contributed by atoms with Crippen LogP contribution in [0, 0.1) is 11.2 Å². The van der Waals surface area contributed by atoms with E-state index in [0.717, 1.165) is 12.2 Å². The molecule has 1 fully saturated rings. The fraction of sp³-hybridized carbons (Fsp3) is 0.538. The molecule has 1 aliphatic rings. The van der Waals surface area contributed by atoms with Gasteiger partial charge >= 0.3 is 0 Å². The molecular weight excluding hydrogens is 257 g/mol. The van der Waals surface area contributed by atoms with Crippen LogP contribution in [0.2, 0.25) is 5.02 Å². The van der Waals surface area contributed by atoms with Crippen LogP contribution in [-0.4, -0.2) is 17.5 Å². The fourth-order valence-electron chi connectivity index (χ4n) is 2.19. The van der Waals surface area contributed by atoms with Crippen LogP contribution < -0.4 is 5.32 Å². The van der Waals surface area contributed by atoms with Gasteiger partial charge in [-0.3, -0.25) is 0 Å². The highest BCUT2D eigenvalue weighted by atomic mass is 35.5.